The summed E-state index contributed by atoms with van der Waals surface area (Å²) in [5.41, 5.74) is -5.61. The Morgan fingerprint density at radius 2 is 0.640 bits per heavy atom. The fourth-order valence-electron chi connectivity index (χ4n) is 12.4. The van der Waals surface area contributed by atoms with Crippen LogP contribution in [0.15, 0.2) is 176 Å². The summed E-state index contributed by atoms with van der Waals surface area (Å²) in [7, 11) is 0. The number of hydrogen-bond donors (Lipinski definition) is 0. The van der Waals surface area contributed by atoms with E-state index in [-0.39, 0.29) is 61.3 Å². The number of fused-ring (bicyclic) bond motifs is 6. The van der Waals surface area contributed by atoms with Crippen molar-refractivity contribution in [2.24, 2.45) is 0 Å². The van der Waals surface area contributed by atoms with Gasteiger partial charge in [-0.15, -0.1) is 0 Å². The van der Waals surface area contributed by atoms with Crippen LogP contribution < -0.4 is 0 Å². The molecule has 0 unspecified atom stereocenters. The third-order valence-corrected chi connectivity index (χ3v) is 16.0. The third-order valence-electron chi connectivity index (χ3n) is 16.0. The summed E-state index contributed by atoms with van der Waals surface area (Å²) in [6.07, 6.45) is -26.4. The van der Waals surface area contributed by atoms with Crippen molar-refractivity contribution < 1.29 is 65.9 Å². The lowest BCUT2D eigenvalue weighted by Crippen LogP contribution is -2.16. The van der Waals surface area contributed by atoms with Crippen molar-refractivity contribution in [3.8, 4) is 73.1 Å². The number of aryl methyl sites for hydroxylation is 5. The SMILES string of the molecule is Cc1cc(C)cc(-c2ccc3c4ccc(-c5cc(C)cc(C(F)(F)F)c5)cc4n(-c4ccc(-c5c(C(F)(F)F)cccc5C(F)(F)F)c(-n5c6cc(-c7cc(C)cc(C)c7)ccc6c6ccc(-c7cc(C(F)(F)F)cc(C(F)(F)F)c7)cc65)c4C#N)c3c2)c1. The van der Waals surface area contributed by atoms with E-state index in [4.69, 9.17) is 0 Å². The number of alkyl halides is 15. The molecule has 3 nitrogen and oxygen atoms in total. The average molecular weight is 1220 g/mol. The molecule has 0 N–H and O–H groups in total. The molecule has 18 heteroatoms. The summed E-state index contributed by atoms with van der Waals surface area (Å²) in [6, 6.07) is 40.2. The van der Waals surface area contributed by atoms with Gasteiger partial charge in [0.15, 0.2) is 0 Å². The van der Waals surface area contributed by atoms with Crippen molar-refractivity contribution in [3.63, 3.8) is 0 Å². The molecule has 0 atom stereocenters. The molecule has 0 bridgehead atoms. The molecule has 0 radical (unpaired) electrons. The van der Waals surface area contributed by atoms with Crippen LogP contribution in [0, 0.1) is 45.9 Å². The smallest absolute Gasteiger partial charge is 0.308 e. The summed E-state index contributed by atoms with van der Waals surface area (Å²) >= 11 is 0. The van der Waals surface area contributed by atoms with Crippen LogP contribution in [0.5, 0.6) is 0 Å². The average Bonchev–Trinajstić information content (AvgIpc) is 1.64. The first-order valence-electron chi connectivity index (χ1n) is 27.4. The van der Waals surface area contributed by atoms with Gasteiger partial charge in [0.2, 0.25) is 0 Å². The third kappa shape index (κ3) is 10.8. The van der Waals surface area contributed by atoms with Crippen LogP contribution in [0.1, 0.15) is 61.2 Å². The van der Waals surface area contributed by atoms with Gasteiger partial charge in [-0.3, -0.25) is 0 Å². The van der Waals surface area contributed by atoms with E-state index in [0.717, 1.165) is 46.0 Å². The summed E-state index contributed by atoms with van der Waals surface area (Å²) < 4.78 is 228. The van der Waals surface area contributed by atoms with Gasteiger partial charge in [0.05, 0.1) is 61.3 Å². The van der Waals surface area contributed by atoms with Gasteiger partial charge in [0.25, 0.3) is 0 Å². The molecule has 0 aliphatic carbocycles. The van der Waals surface area contributed by atoms with Crippen LogP contribution in [-0.2, 0) is 30.9 Å². The lowest BCUT2D eigenvalue weighted by molar-refractivity contribution is -0.144. The molecule has 0 saturated heterocycles. The molecule has 89 heavy (non-hydrogen) atoms. The van der Waals surface area contributed by atoms with Gasteiger partial charge >= 0.3 is 30.9 Å². The molecule has 2 aromatic heterocycles. The first-order chi connectivity index (χ1) is 41.7. The maximum Gasteiger partial charge on any atom is 0.417 e. The normalized spacial score (nSPS) is 12.7. The van der Waals surface area contributed by atoms with Gasteiger partial charge in [-0.2, -0.15) is 71.1 Å². The van der Waals surface area contributed by atoms with Crippen LogP contribution in [0.4, 0.5) is 65.9 Å². The minimum Gasteiger partial charge on any atom is -0.308 e. The lowest BCUT2D eigenvalue weighted by Gasteiger charge is -2.24. The molecular weight excluding hydrogens is 1180 g/mol. The van der Waals surface area contributed by atoms with Crippen LogP contribution in [0.3, 0.4) is 0 Å². The molecule has 10 aromatic carbocycles. The Labute approximate surface area is 497 Å². The quantitative estimate of drug-likeness (QED) is 0.146. The van der Waals surface area contributed by atoms with Crippen LogP contribution in [0.25, 0.3) is 111 Å². The Bertz CT molecular complexity index is 4860. The van der Waals surface area contributed by atoms with Gasteiger partial charge < -0.3 is 9.13 Å². The van der Waals surface area contributed by atoms with Crippen LogP contribution >= 0.6 is 0 Å². The summed E-state index contributed by atoms with van der Waals surface area (Å²) in [4.78, 5) is 0. The number of nitrogens with zero attached hydrogens (tertiary/aromatic N) is 3. The highest BCUT2D eigenvalue weighted by Crippen LogP contribution is 2.51. The predicted molar refractivity (Wildman–Crippen MR) is 316 cm³/mol. The topological polar surface area (TPSA) is 33.6 Å². The Balaban J connectivity index is 1.29. The van der Waals surface area contributed by atoms with Crippen LogP contribution in [-0.4, -0.2) is 9.13 Å². The van der Waals surface area contributed by atoms with Gasteiger partial charge in [0.1, 0.15) is 11.6 Å². The Kier molecular flexibility index (Phi) is 14.0. The largest absolute Gasteiger partial charge is 0.417 e. The monoisotopic (exact) mass is 1220 g/mol. The number of halogens is 15. The maximum absolute atomic E-state index is 15.8. The summed E-state index contributed by atoms with van der Waals surface area (Å²) in [5.74, 6) is 0. The second-order valence-electron chi connectivity index (χ2n) is 22.4. The molecule has 0 aliphatic heterocycles. The first-order valence-corrected chi connectivity index (χ1v) is 27.4. The molecule has 12 aromatic rings. The van der Waals surface area contributed by atoms with Gasteiger partial charge in [0, 0.05) is 32.7 Å². The summed E-state index contributed by atoms with van der Waals surface area (Å²) in [6.45, 7) is 8.89. The number of nitriles is 1. The fraction of sp³-hybridized carbons (Fsp3) is 0.141. The van der Waals surface area contributed by atoms with Gasteiger partial charge in [-0.1, -0.05) is 125 Å². The highest BCUT2D eigenvalue weighted by Gasteiger charge is 2.43. The van der Waals surface area contributed by atoms with Crippen molar-refractivity contribution in [2.75, 3.05) is 0 Å². The van der Waals surface area contributed by atoms with Crippen molar-refractivity contribution in [1.82, 2.24) is 9.13 Å². The molecule has 0 aliphatic rings. The minimum atomic E-state index is -5.52. The van der Waals surface area contributed by atoms with E-state index in [1.54, 1.807) is 53.1 Å². The molecule has 0 saturated carbocycles. The standard InChI is InChI=1S/C71H44F15N3/c1-36-19-37(2)22-45(21-36)41-9-13-52-53-14-11-43(47-25-40(5)26-49(27-47)67(72,73)74)31-62(53)88(61(52)30-41)60-18-17-56(65-58(70(81,82)83)7-6-8-59(65)71(84,85)86)66(57(60)35-87)89-63-32-42(46-23-38(3)20-39(4)24-46)10-15-54(63)55-16-12-44(33-64(55)89)48-28-50(68(75,76)77)34-51(29-48)69(78,79)80/h6-34H,1-5H3. The molecule has 2 heterocycles. The number of rotatable bonds is 7. The minimum absolute atomic E-state index is 0.0308. The second kappa shape index (κ2) is 21.0. The Hall–Kier alpha value is -9.76. The summed E-state index contributed by atoms with van der Waals surface area (Å²) in [5, 5.41) is 13.4. The number of hydrogen-bond acceptors (Lipinski definition) is 1. The van der Waals surface area contributed by atoms with E-state index in [0.29, 0.717) is 63.3 Å². The van der Waals surface area contributed by atoms with Crippen molar-refractivity contribution >= 4 is 43.6 Å². The molecule has 448 valence electrons. The first kappa shape index (κ1) is 59.6. The number of aromatic nitrogens is 2. The van der Waals surface area contributed by atoms with Crippen molar-refractivity contribution in [1.29, 1.82) is 5.26 Å². The van der Waals surface area contributed by atoms with E-state index in [9.17, 15) is 44.8 Å². The Morgan fingerprint density at radius 3 is 0.989 bits per heavy atom. The van der Waals surface area contributed by atoms with Crippen LogP contribution in [0.2, 0.25) is 0 Å². The zero-order valence-corrected chi connectivity index (χ0v) is 47.3. The Morgan fingerprint density at radius 1 is 0.315 bits per heavy atom. The molecule has 0 fully saturated rings. The van der Waals surface area contributed by atoms with Gasteiger partial charge in [-0.05, 0) is 157 Å². The van der Waals surface area contributed by atoms with E-state index < -0.39 is 86.6 Å². The van der Waals surface area contributed by atoms with E-state index in [1.807, 2.05) is 70.2 Å². The number of benzene rings is 10. The predicted octanol–water partition coefficient (Wildman–Crippen LogP) is 22.7. The maximum atomic E-state index is 15.8. The van der Waals surface area contributed by atoms with Crippen molar-refractivity contribution in [2.45, 2.75) is 65.5 Å². The fourth-order valence-corrected chi connectivity index (χ4v) is 12.4. The van der Waals surface area contributed by atoms with E-state index in [2.05, 4.69) is 6.07 Å². The van der Waals surface area contributed by atoms with Crippen molar-refractivity contribution in [3.05, 3.63) is 237 Å². The molecule has 12 rings (SSSR count). The van der Waals surface area contributed by atoms with E-state index >= 15 is 26.3 Å². The van der Waals surface area contributed by atoms with Gasteiger partial charge in [-0.25, -0.2) is 0 Å². The highest BCUT2D eigenvalue weighted by molar-refractivity contribution is 6.14. The second-order valence-corrected chi connectivity index (χ2v) is 22.4. The van der Waals surface area contributed by atoms with E-state index in [1.165, 1.54) is 41.8 Å². The highest BCUT2D eigenvalue weighted by atomic mass is 19.4. The molecular formula is C71H44F15N3. The molecule has 0 spiro atoms. The zero-order valence-electron chi connectivity index (χ0n) is 47.3. The lowest BCUT2D eigenvalue weighted by atomic mass is 9.90. The zero-order chi connectivity index (χ0) is 63.8. The molecule has 0 amide bonds.